The lowest BCUT2D eigenvalue weighted by atomic mass is 9.92. The Balaban J connectivity index is 0.946. The molecule has 340 valence electrons. The van der Waals surface area contributed by atoms with Crippen molar-refractivity contribution in [1.82, 2.24) is 38.5 Å². The quantitative estimate of drug-likeness (QED) is 0.0950. The van der Waals surface area contributed by atoms with E-state index in [0.29, 0.717) is 19.4 Å². The highest BCUT2D eigenvalue weighted by molar-refractivity contribution is 7.89. The van der Waals surface area contributed by atoms with Crippen LogP contribution in [0.15, 0.2) is 102 Å². The molecule has 0 spiro atoms. The number of imidazole rings is 1. The predicted molar refractivity (Wildman–Crippen MR) is 251 cm³/mol. The molecule has 1 aliphatic heterocycles. The number of rotatable bonds is 17. The standard InChI is InChI=1S/C48H56N10O6S/c1-4-31(33-14-16-41-37(24-33)35-10-6-8-12-39(35)56(41)27-44(49)59)18-20-51-47(61)43-26-55(22-23-58(43)65(63,64)46-29-54(3)30-53-46)48(62)52-21-19-32(5-2)34-15-17-42-38(25-34)36-11-7-9-13-40(36)57(42)28-45(50)60/h6-17,24-25,29-32,43H,4-5,18-23,26-28H2,1-3H3,(H2,49,59)(H2,50,60)(H,51,61)(H,52,62). The number of aryl methyl sites for hydroxylation is 1. The predicted octanol–water partition coefficient (Wildman–Crippen LogP) is 5.28. The Kier molecular flexibility index (Phi) is 13.0. The van der Waals surface area contributed by atoms with Crippen LogP contribution in [0.5, 0.6) is 0 Å². The fourth-order valence-electron chi connectivity index (χ4n) is 9.56. The van der Waals surface area contributed by atoms with Crippen molar-refractivity contribution in [3.8, 4) is 0 Å². The number of nitrogens with zero attached hydrogens (tertiary/aromatic N) is 6. The average Bonchev–Trinajstić information content (AvgIpc) is 3.98. The lowest BCUT2D eigenvalue weighted by Crippen LogP contribution is -2.62. The number of primary amides is 2. The van der Waals surface area contributed by atoms with Crippen molar-refractivity contribution in [2.24, 2.45) is 18.5 Å². The van der Waals surface area contributed by atoms with Gasteiger partial charge in [0.15, 0.2) is 5.03 Å². The van der Waals surface area contributed by atoms with Gasteiger partial charge in [0, 0.05) is 89.6 Å². The number of urea groups is 1. The van der Waals surface area contributed by atoms with E-state index in [0.717, 1.165) is 71.9 Å². The third kappa shape index (κ3) is 9.02. The fourth-order valence-corrected chi connectivity index (χ4v) is 11.1. The number of hydrogen-bond donors (Lipinski definition) is 4. The Hall–Kier alpha value is -6.72. The molecule has 4 aromatic carbocycles. The molecule has 4 heterocycles. The van der Waals surface area contributed by atoms with Gasteiger partial charge in [-0.1, -0.05) is 62.4 Å². The SMILES string of the molecule is CCC(CCNC(=O)C1CN(C(=O)NCCC(CC)c2ccc3c(c2)c2ccccc2n3CC(N)=O)CCN1S(=O)(=O)c1cn(C)cn1)c1ccc2c(c1)c1ccccc1n2CC(N)=O. The minimum atomic E-state index is -4.19. The number of nitrogens with one attached hydrogen (secondary N) is 2. The summed E-state index contributed by atoms with van der Waals surface area (Å²) in [6, 6.07) is 26.7. The highest BCUT2D eigenvalue weighted by Gasteiger charge is 2.42. The minimum Gasteiger partial charge on any atom is -0.368 e. The Morgan fingerprint density at radius 3 is 1.71 bits per heavy atom. The lowest BCUT2D eigenvalue weighted by molar-refractivity contribution is -0.126. The van der Waals surface area contributed by atoms with Crippen LogP contribution in [0.3, 0.4) is 0 Å². The number of fused-ring (bicyclic) bond motifs is 6. The van der Waals surface area contributed by atoms with Gasteiger partial charge in [-0.25, -0.2) is 18.2 Å². The molecule has 0 aliphatic carbocycles. The highest BCUT2D eigenvalue weighted by Crippen LogP contribution is 2.35. The number of piperazine rings is 1. The van der Waals surface area contributed by atoms with Gasteiger partial charge >= 0.3 is 6.03 Å². The number of nitrogens with two attached hydrogens (primary N) is 2. The molecule has 5 amide bonds. The normalized spacial score (nSPS) is 15.7. The average molecular weight is 901 g/mol. The van der Waals surface area contributed by atoms with E-state index >= 15 is 0 Å². The van der Waals surface area contributed by atoms with Crippen molar-refractivity contribution in [1.29, 1.82) is 0 Å². The number of carbonyl (C=O) groups is 4. The zero-order chi connectivity index (χ0) is 46.0. The first-order chi connectivity index (χ1) is 31.3. The molecule has 6 N–H and O–H groups in total. The molecule has 1 aliphatic rings. The lowest BCUT2D eigenvalue weighted by Gasteiger charge is -2.39. The van der Waals surface area contributed by atoms with Crippen LogP contribution in [0.4, 0.5) is 4.79 Å². The van der Waals surface area contributed by atoms with E-state index in [1.54, 1.807) is 7.05 Å². The first-order valence-electron chi connectivity index (χ1n) is 22.2. The largest absolute Gasteiger partial charge is 0.368 e. The Labute approximate surface area is 377 Å². The summed E-state index contributed by atoms with van der Waals surface area (Å²) in [4.78, 5) is 57.4. The van der Waals surface area contributed by atoms with E-state index < -0.39 is 33.8 Å². The third-order valence-electron chi connectivity index (χ3n) is 12.9. The van der Waals surface area contributed by atoms with Gasteiger partial charge in [-0.05, 0) is 85.0 Å². The van der Waals surface area contributed by atoms with E-state index in [1.807, 2.05) is 75.9 Å². The summed E-state index contributed by atoms with van der Waals surface area (Å²) in [5.74, 6) is -1.16. The van der Waals surface area contributed by atoms with Gasteiger partial charge in [0.2, 0.25) is 17.7 Å². The van der Waals surface area contributed by atoms with Crippen LogP contribution in [0.2, 0.25) is 0 Å². The summed E-state index contributed by atoms with van der Waals surface area (Å²) < 4.78 is 34.5. The van der Waals surface area contributed by atoms with Crippen LogP contribution in [-0.4, -0.2) is 98.8 Å². The van der Waals surface area contributed by atoms with Crippen molar-refractivity contribution < 1.29 is 27.6 Å². The topological polar surface area (TPSA) is 213 Å². The number of sulfonamides is 1. The molecule has 3 aromatic heterocycles. The molecule has 16 nitrogen and oxygen atoms in total. The fraction of sp³-hybridized carbons (Fsp3) is 0.354. The highest BCUT2D eigenvalue weighted by atomic mass is 32.2. The van der Waals surface area contributed by atoms with Crippen molar-refractivity contribution >= 4 is 77.4 Å². The second kappa shape index (κ2) is 18.8. The van der Waals surface area contributed by atoms with Crippen molar-refractivity contribution in [2.75, 3.05) is 32.7 Å². The molecule has 1 saturated heterocycles. The van der Waals surface area contributed by atoms with Gasteiger partial charge < -0.3 is 40.7 Å². The molecule has 0 radical (unpaired) electrons. The van der Waals surface area contributed by atoms with Crippen LogP contribution in [0.1, 0.15) is 62.5 Å². The van der Waals surface area contributed by atoms with Gasteiger partial charge in [0.1, 0.15) is 19.1 Å². The summed E-state index contributed by atoms with van der Waals surface area (Å²) in [6.45, 7) is 4.81. The zero-order valence-electron chi connectivity index (χ0n) is 36.9. The smallest absolute Gasteiger partial charge is 0.317 e. The van der Waals surface area contributed by atoms with Crippen molar-refractivity contribution in [3.63, 3.8) is 0 Å². The van der Waals surface area contributed by atoms with Crippen LogP contribution < -0.4 is 22.1 Å². The number of para-hydroxylation sites is 2. The summed E-state index contributed by atoms with van der Waals surface area (Å²) in [5, 5.41) is 9.95. The van der Waals surface area contributed by atoms with Crippen molar-refractivity contribution in [3.05, 3.63) is 109 Å². The molecule has 1 fully saturated rings. The van der Waals surface area contributed by atoms with Crippen LogP contribution in [0, 0.1) is 0 Å². The molecule has 3 unspecified atom stereocenters. The Morgan fingerprint density at radius 1 is 0.708 bits per heavy atom. The Bertz CT molecular complexity index is 3050. The molecule has 17 heteroatoms. The Morgan fingerprint density at radius 2 is 1.22 bits per heavy atom. The number of amides is 5. The van der Waals surface area contributed by atoms with Crippen molar-refractivity contribution in [2.45, 2.75) is 75.5 Å². The molecule has 0 bridgehead atoms. The molecule has 65 heavy (non-hydrogen) atoms. The molecule has 7 aromatic rings. The van der Waals surface area contributed by atoms with E-state index in [1.165, 1.54) is 22.0 Å². The first kappa shape index (κ1) is 44.9. The van der Waals surface area contributed by atoms with Crippen LogP contribution in [0.25, 0.3) is 43.6 Å². The third-order valence-corrected chi connectivity index (χ3v) is 14.7. The second-order valence-corrected chi connectivity index (χ2v) is 18.8. The number of hydrogen-bond acceptors (Lipinski definition) is 7. The maximum absolute atomic E-state index is 14.1. The van der Waals surface area contributed by atoms with E-state index in [2.05, 4.69) is 47.7 Å². The van der Waals surface area contributed by atoms with Gasteiger partial charge in [0.25, 0.3) is 10.0 Å². The second-order valence-electron chi connectivity index (χ2n) is 17.0. The summed E-state index contributed by atoms with van der Waals surface area (Å²) in [5.41, 5.74) is 17.1. The molecular formula is C48H56N10O6S. The van der Waals surface area contributed by atoms with Crippen LogP contribution >= 0.6 is 0 Å². The van der Waals surface area contributed by atoms with Gasteiger partial charge in [-0.3, -0.25) is 14.4 Å². The monoisotopic (exact) mass is 900 g/mol. The number of carbonyl (C=O) groups excluding carboxylic acids is 4. The van der Waals surface area contributed by atoms with Gasteiger partial charge in [0.05, 0.1) is 6.33 Å². The minimum absolute atomic E-state index is 0.0623. The molecule has 3 atom stereocenters. The van der Waals surface area contributed by atoms with E-state index in [9.17, 15) is 27.6 Å². The van der Waals surface area contributed by atoms with Crippen LogP contribution in [-0.2, 0) is 44.5 Å². The summed E-state index contributed by atoms with van der Waals surface area (Å²) >= 11 is 0. The van der Waals surface area contributed by atoms with Gasteiger partial charge in [-0.15, -0.1) is 0 Å². The summed E-state index contributed by atoms with van der Waals surface area (Å²) in [6.07, 6.45) is 5.63. The van der Waals surface area contributed by atoms with E-state index in [-0.39, 0.29) is 62.2 Å². The first-order valence-corrected chi connectivity index (χ1v) is 23.6. The molecule has 0 saturated carbocycles. The summed E-state index contributed by atoms with van der Waals surface area (Å²) in [7, 11) is -2.51. The number of aromatic nitrogens is 4. The maximum atomic E-state index is 14.1. The zero-order valence-corrected chi connectivity index (χ0v) is 37.8. The van der Waals surface area contributed by atoms with Gasteiger partial charge in [-0.2, -0.15) is 4.31 Å². The molecule has 8 rings (SSSR count). The number of benzene rings is 4. The molecular weight excluding hydrogens is 845 g/mol. The maximum Gasteiger partial charge on any atom is 0.317 e. The van der Waals surface area contributed by atoms with E-state index in [4.69, 9.17) is 11.5 Å².